The number of carboxylic acid groups (broad SMARTS) is 1. The molecule has 2 aromatic rings. The van der Waals surface area contributed by atoms with E-state index in [2.05, 4.69) is 34.9 Å². The lowest BCUT2D eigenvalue weighted by molar-refractivity contribution is -0.137. The lowest BCUT2D eigenvalue weighted by Gasteiger charge is -2.18. The highest BCUT2D eigenvalue weighted by atomic mass is 16.5. The lowest BCUT2D eigenvalue weighted by atomic mass is 9.98. The molecule has 2 aromatic carbocycles. The zero-order chi connectivity index (χ0) is 24.5. The Bertz CT molecular complexity index is 961. The molecule has 1 aliphatic carbocycles. The summed E-state index contributed by atoms with van der Waals surface area (Å²) in [5.41, 5.74) is 4.70. The predicted octanol–water partition coefficient (Wildman–Crippen LogP) is 4.70. The maximum Gasteiger partial charge on any atom is 0.407 e. The fourth-order valence-electron chi connectivity index (χ4n) is 4.47. The van der Waals surface area contributed by atoms with E-state index in [0.29, 0.717) is 19.4 Å². The summed E-state index contributed by atoms with van der Waals surface area (Å²) in [6.45, 7) is 4.58. The number of ether oxygens (including phenoxy) is 1. The molecule has 0 spiro atoms. The van der Waals surface area contributed by atoms with E-state index >= 15 is 0 Å². The van der Waals surface area contributed by atoms with Gasteiger partial charge in [0.05, 0.1) is 6.42 Å². The maximum atomic E-state index is 12.3. The fourth-order valence-corrected chi connectivity index (χ4v) is 4.47. The molecule has 182 valence electrons. The van der Waals surface area contributed by atoms with Gasteiger partial charge in [-0.15, -0.1) is 0 Å². The maximum absolute atomic E-state index is 12.3. The Morgan fingerprint density at radius 2 is 1.62 bits per heavy atom. The van der Waals surface area contributed by atoms with Gasteiger partial charge in [-0.25, -0.2) is 4.79 Å². The second-order valence-electron chi connectivity index (χ2n) is 9.00. The van der Waals surface area contributed by atoms with Crippen LogP contribution in [0.5, 0.6) is 0 Å². The van der Waals surface area contributed by atoms with Crippen LogP contribution in [0, 0.1) is 5.92 Å². The molecule has 3 N–H and O–H groups in total. The minimum Gasteiger partial charge on any atom is -0.481 e. The second kappa shape index (κ2) is 12.2. The number of carboxylic acids is 1. The Morgan fingerprint density at radius 3 is 2.21 bits per heavy atom. The number of carbonyl (C=O) groups excluding carboxylic acids is 2. The van der Waals surface area contributed by atoms with E-state index in [1.165, 1.54) is 22.3 Å². The van der Waals surface area contributed by atoms with Crippen molar-refractivity contribution in [1.82, 2.24) is 10.6 Å². The highest BCUT2D eigenvalue weighted by Crippen LogP contribution is 2.44. The third-order valence-corrected chi connectivity index (χ3v) is 6.23. The molecule has 0 bridgehead atoms. The standard InChI is InChI=1S/C27H34N2O5/c1-3-8-19(15-26(31)32)29-25(30)14-13-18(2)16-28-27(33)34-17-24-22-11-6-4-9-20(22)21-10-5-7-12-23(21)24/h4-7,9-12,18-19,24H,3,8,13-17H2,1-2H3,(H,28,33)(H,29,30)(H,31,32)/t18?,19-/m0/s1. The molecule has 1 unspecified atom stereocenters. The molecular formula is C27H34N2O5. The number of hydrogen-bond donors (Lipinski definition) is 3. The first-order valence-corrected chi connectivity index (χ1v) is 12.0. The van der Waals surface area contributed by atoms with Crippen LogP contribution in [0.15, 0.2) is 48.5 Å². The number of carbonyl (C=O) groups is 3. The topological polar surface area (TPSA) is 105 Å². The number of fused-ring (bicyclic) bond motifs is 3. The molecule has 0 aromatic heterocycles. The van der Waals surface area contributed by atoms with E-state index in [0.717, 1.165) is 6.42 Å². The van der Waals surface area contributed by atoms with Crippen LogP contribution in [0.4, 0.5) is 4.79 Å². The van der Waals surface area contributed by atoms with E-state index in [4.69, 9.17) is 9.84 Å². The second-order valence-corrected chi connectivity index (χ2v) is 9.00. The Morgan fingerprint density at radius 1 is 1.00 bits per heavy atom. The summed E-state index contributed by atoms with van der Waals surface area (Å²) in [7, 11) is 0. The van der Waals surface area contributed by atoms with Gasteiger partial charge >= 0.3 is 12.1 Å². The highest BCUT2D eigenvalue weighted by molar-refractivity contribution is 5.79. The van der Waals surface area contributed by atoms with Crippen LogP contribution in [0.3, 0.4) is 0 Å². The fraction of sp³-hybridized carbons (Fsp3) is 0.444. The van der Waals surface area contributed by atoms with Gasteiger partial charge in [0.1, 0.15) is 6.61 Å². The molecule has 0 aliphatic heterocycles. The SMILES string of the molecule is CCC[C@@H](CC(=O)O)NC(=O)CCC(C)CNC(=O)OCC1c2ccccc2-c2ccccc21. The van der Waals surface area contributed by atoms with Crippen LogP contribution in [0.25, 0.3) is 11.1 Å². The van der Waals surface area contributed by atoms with Crippen LogP contribution in [0.1, 0.15) is 63.0 Å². The van der Waals surface area contributed by atoms with Crippen molar-refractivity contribution in [1.29, 1.82) is 0 Å². The van der Waals surface area contributed by atoms with Gasteiger partial charge in [0.2, 0.25) is 5.91 Å². The van der Waals surface area contributed by atoms with Crippen molar-refractivity contribution in [2.75, 3.05) is 13.2 Å². The van der Waals surface area contributed by atoms with Crippen molar-refractivity contribution in [3.05, 3.63) is 59.7 Å². The average molecular weight is 467 g/mol. The van der Waals surface area contributed by atoms with Crippen molar-refractivity contribution in [2.45, 2.75) is 57.9 Å². The minimum atomic E-state index is -0.917. The number of amides is 2. The monoisotopic (exact) mass is 466 g/mol. The van der Waals surface area contributed by atoms with Crippen LogP contribution in [0.2, 0.25) is 0 Å². The zero-order valence-corrected chi connectivity index (χ0v) is 19.9. The van der Waals surface area contributed by atoms with E-state index in [9.17, 15) is 14.4 Å². The lowest BCUT2D eigenvalue weighted by Crippen LogP contribution is -2.37. The van der Waals surface area contributed by atoms with E-state index in [1.807, 2.05) is 38.1 Å². The molecule has 1 aliphatic rings. The summed E-state index contributed by atoms with van der Waals surface area (Å²) in [4.78, 5) is 35.4. The van der Waals surface area contributed by atoms with Gasteiger partial charge in [-0.3, -0.25) is 9.59 Å². The molecule has 0 radical (unpaired) electrons. The number of hydrogen-bond acceptors (Lipinski definition) is 4. The predicted molar refractivity (Wildman–Crippen MR) is 131 cm³/mol. The quantitative estimate of drug-likeness (QED) is 0.421. The first-order valence-electron chi connectivity index (χ1n) is 12.0. The van der Waals surface area contributed by atoms with E-state index < -0.39 is 12.1 Å². The normalized spacial score (nSPS) is 13.9. The highest BCUT2D eigenvalue weighted by Gasteiger charge is 2.29. The van der Waals surface area contributed by atoms with Gasteiger partial charge in [-0.2, -0.15) is 0 Å². The van der Waals surface area contributed by atoms with Crippen molar-refractivity contribution in [3.8, 4) is 11.1 Å². The number of aliphatic carboxylic acids is 1. The molecule has 0 heterocycles. The van der Waals surface area contributed by atoms with Gasteiger partial charge in [0, 0.05) is 24.9 Å². The summed E-state index contributed by atoms with van der Waals surface area (Å²) >= 11 is 0. The average Bonchev–Trinajstić information content (AvgIpc) is 3.13. The zero-order valence-electron chi connectivity index (χ0n) is 19.9. The first kappa shape index (κ1) is 25.3. The third-order valence-electron chi connectivity index (χ3n) is 6.23. The Kier molecular flexibility index (Phi) is 9.08. The molecular weight excluding hydrogens is 432 g/mol. The summed E-state index contributed by atoms with van der Waals surface area (Å²) in [6, 6.07) is 16.0. The number of rotatable bonds is 12. The minimum absolute atomic E-state index is 0.0149. The van der Waals surface area contributed by atoms with Gasteiger partial charge < -0.3 is 20.5 Å². The Hall–Kier alpha value is -3.35. The number of benzene rings is 2. The van der Waals surface area contributed by atoms with Crippen molar-refractivity contribution in [3.63, 3.8) is 0 Å². The van der Waals surface area contributed by atoms with Crippen molar-refractivity contribution >= 4 is 18.0 Å². The summed E-state index contributed by atoms with van der Waals surface area (Å²) in [6.07, 6.45) is 1.77. The first-order chi connectivity index (χ1) is 16.4. The van der Waals surface area contributed by atoms with Gasteiger partial charge in [0.25, 0.3) is 0 Å². The Labute approximate surface area is 200 Å². The molecule has 7 heteroatoms. The Balaban J connectivity index is 1.41. The van der Waals surface area contributed by atoms with Crippen LogP contribution >= 0.6 is 0 Å². The summed E-state index contributed by atoms with van der Waals surface area (Å²) < 4.78 is 5.55. The molecule has 0 fully saturated rings. The summed E-state index contributed by atoms with van der Waals surface area (Å²) in [5, 5.41) is 14.6. The number of alkyl carbamates (subject to hydrolysis) is 1. The number of nitrogens with one attached hydrogen (secondary N) is 2. The van der Waals surface area contributed by atoms with Crippen LogP contribution in [-0.2, 0) is 14.3 Å². The molecule has 2 atom stereocenters. The summed E-state index contributed by atoms with van der Waals surface area (Å²) in [5.74, 6) is -0.983. The molecule has 0 saturated heterocycles. The smallest absolute Gasteiger partial charge is 0.407 e. The van der Waals surface area contributed by atoms with Crippen molar-refractivity contribution in [2.24, 2.45) is 5.92 Å². The molecule has 34 heavy (non-hydrogen) atoms. The molecule has 3 rings (SSSR count). The molecule has 0 saturated carbocycles. The van der Waals surface area contributed by atoms with Gasteiger partial charge in [0.15, 0.2) is 0 Å². The van der Waals surface area contributed by atoms with Crippen LogP contribution in [-0.4, -0.2) is 42.3 Å². The van der Waals surface area contributed by atoms with Crippen molar-refractivity contribution < 1.29 is 24.2 Å². The molecule has 7 nitrogen and oxygen atoms in total. The van der Waals surface area contributed by atoms with E-state index in [1.54, 1.807) is 0 Å². The largest absolute Gasteiger partial charge is 0.481 e. The third kappa shape index (κ3) is 6.83. The van der Waals surface area contributed by atoms with Gasteiger partial charge in [-0.05, 0) is 41.0 Å². The van der Waals surface area contributed by atoms with Crippen LogP contribution < -0.4 is 10.6 Å². The molecule has 2 amide bonds. The van der Waals surface area contributed by atoms with E-state index in [-0.39, 0.29) is 43.2 Å². The van der Waals surface area contributed by atoms with Gasteiger partial charge in [-0.1, -0.05) is 68.8 Å².